The Labute approximate surface area is 232 Å². The monoisotopic (exact) mass is 547 g/mol. The number of esters is 1. The number of rotatable bonds is 9. The van der Waals surface area contributed by atoms with Crippen LogP contribution in [-0.4, -0.2) is 41.6 Å². The van der Waals surface area contributed by atoms with E-state index >= 15 is 0 Å². The number of fused-ring (bicyclic) bond motifs is 3. The summed E-state index contributed by atoms with van der Waals surface area (Å²) in [4.78, 5) is 16.4. The second kappa shape index (κ2) is 11.9. The van der Waals surface area contributed by atoms with Crippen molar-refractivity contribution in [3.05, 3.63) is 94.5 Å². The predicted molar refractivity (Wildman–Crippen MR) is 147 cm³/mol. The van der Waals surface area contributed by atoms with Gasteiger partial charge in [0.1, 0.15) is 24.7 Å². The number of nitrogens with zero attached hydrogens (tertiary/aromatic N) is 3. The van der Waals surface area contributed by atoms with Crippen LogP contribution in [0.15, 0.2) is 67.0 Å². The molecule has 0 aliphatic carbocycles. The second-order valence-electron chi connectivity index (χ2n) is 9.08. The molecule has 0 N–H and O–H groups in total. The molecule has 0 saturated heterocycles. The molecule has 0 spiro atoms. The van der Waals surface area contributed by atoms with Crippen molar-refractivity contribution in [2.24, 2.45) is 0 Å². The maximum atomic E-state index is 12.1. The van der Waals surface area contributed by atoms with Gasteiger partial charge in [0.2, 0.25) is 0 Å². The first-order valence-corrected chi connectivity index (χ1v) is 13.2. The van der Waals surface area contributed by atoms with Crippen molar-refractivity contribution in [3.63, 3.8) is 0 Å². The number of halogens is 1. The Balaban J connectivity index is 1.56. The zero-order chi connectivity index (χ0) is 27.4. The molecule has 0 saturated carbocycles. The number of carbonyl (C=O) groups excluding carboxylic acids is 1. The lowest BCUT2D eigenvalue weighted by Gasteiger charge is -2.26. The Kier molecular flexibility index (Phi) is 8.14. The van der Waals surface area contributed by atoms with Gasteiger partial charge in [-0.1, -0.05) is 54.1 Å². The number of ether oxygens (including phenoxy) is 4. The molecule has 0 bridgehead atoms. The number of aryl methyl sites for hydroxylation is 1. The number of benzene rings is 3. The van der Waals surface area contributed by atoms with Crippen LogP contribution in [-0.2, 0) is 27.2 Å². The van der Waals surface area contributed by atoms with Gasteiger partial charge in [-0.3, -0.25) is 4.79 Å². The van der Waals surface area contributed by atoms with Gasteiger partial charge in [0.05, 0.1) is 26.9 Å². The summed E-state index contributed by atoms with van der Waals surface area (Å²) in [6.07, 6.45) is 1.30. The lowest BCUT2D eigenvalue weighted by atomic mass is 9.90. The number of hydrogen-bond donors (Lipinski definition) is 0. The summed E-state index contributed by atoms with van der Waals surface area (Å²) in [5.41, 5.74) is 4.94. The summed E-state index contributed by atoms with van der Waals surface area (Å²) in [6, 6.07) is 19.9. The second-order valence-corrected chi connectivity index (χ2v) is 9.51. The summed E-state index contributed by atoms with van der Waals surface area (Å²) in [6.45, 7) is 2.59. The Morgan fingerprint density at radius 2 is 1.79 bits per heavy atom. The highest BCUT2D eigenvalue weighted by atomic mass is 35.5. The zero-order valence-corrected chi connectivity index (χ0v) is 22.9. The summed E-state index contributed by atoms with van der Waals surface area (Å²) in [5, 5.41) is 4.98. The van der Waals surface area contributed by atoms with E-state index in [9.17, 15) is 4.79 Å². The topological polar surface area (TPSA) is 84.7 Å². The number of aromatic nitrogens is 3. The Morgan fingerprint density at radius 3 is 2.59 bits per heavy atom. The van der Waals surface area contributed by atoms with Crippen LogP contribution >= 0.6 is 11.6 Å². The highest BCUT2D eigenvalue weighted by Gasteiger charge is 2.33. The summed E-state index contributed by atoms with van der Waals surface area (Å²) in [5.74, 6) is 1.44. The molecular formula is C30H30ClN3O5. The van der Waals surface area contributed by atoms with Gasteiger partial charge in [-0.05, 0) is 53.8 Å². The molecule has 5 rings (SSSR count). The van der Waals surface area contributed by atoms with Crippen molar-refractivity contribution in [2.45, 2.75) is 38.5 Å². The molecule has 0 radical (unpaired) electrons. The molecule has 4 aromatic rings. The van der Waals surface area contributed by atoms with Crippen molar-refractivity contribution in [1.29, 1.82) is 0 Å². The highest BCUT2D eigenvalue weighted by molar-refractivity contribution is 6.30. The van der Waals surface area contributed by atoms with E-state index in [1.807, 2.05) is 48.5 Å². The van der Waals surface area contributed by atoms with Gasteiger partial charge < -0.3 is 18.9 Å². The maximum absolute atomic E-state index is 12.1. The SMILES string of the molecule is CCOC(=O)Cc1ncnn1CCC1OC(c2cccc(OC)c2OC)c2cc(Cl)ccc2-c2ccccc21. The van der Waals surface area contributed by atoms with Crippen molar-refractivity contribution in [2.75, 3.05) is 20.8 Å². The molecule has 0 fully saturated rings. The van der Waals surface area contributed by atoms with Gasteiger partial charge in [0.25, 0.3) is 0 Å². The third-order valence-electron chi connectivity index (χ3n) is 6.82. The minimum atomic E-state index is -0.490. The first kappa shape index (κ1) is 26.7. The molecule has 2 heterocycles. The molecule has 2 unspecified atom stereocenters. The molecule has 202 valence electrons. The molecule has 39 heavy (non-hydrogen) atoms. The van der Waals surface area contributed by atoms with Crippen molar-refractivity contribution >= 4 is 17.6 Å². The van der Waals surface area contributed by atoms with Gasteiger partial charge in [0, 0.05) is 17.1 Å². The molecule has 0 amide bonds. The van der Waals surface area contributed by atoms with Crippen molar-refractivity contribution in [1.82, 2.24) is 14.8 Å². The van der Waals surface area contributed by atoms with Gasteiger partial charge in [0.15, 0.2) is 11.5 Å². The predicted octanol–water partition coefficient (Wildman–Crippen LogP) is 5.97. The van der Waals surface area contributed by atoms with Crippen LogP contribution < -0.4 is 9.47 Å². The van der Waals surface area contributed by atoms with Crippen LogP contribution in [0.4, 0.5) is 0 Å². The largest absolute Gasteiger partial charge is 0.493 e. The summed E-state index contributed by atoms with van der Waals surface area (Å²) >= 11 is 6.52. The average molecular weight is 548 g/mol. The molecule has 3 aromatic carbocycles. The normalized spacial score (nSPS) is 16.1. The van der Waals surface area contributed by atoms with Crippen LogP contribution in [0, 0.1) is 0 Å². The summed E-state index contributed by atoms with van der Waals surface area (Å²) < 4.78 is 25.2. The molecule has 9 heteroatoms. The Bertz CT molecular complexity index is 1470. The van der Waals surface area contributed by atoms with E-state index in [4.69, 9.17) is 30.5 Å². The van der Waals surface area contributed by atoms with Crippen LogP contribution in [0.1, 0.15) is 48.1 Å². The number of carbonyl (C=O) groups is 1. The lowest BCUT2D eigenvalue weighted by molar-refractivity contribution is -0.142. The first-order valence-electron chi connectivity index (χ1n) is 12.8. The maximum Gasteiger partial charge on any atom is 0.313 e. The van der Waals surface area contributed by atoms with Crippen LogP contribution in [0.5, 0.6) is 11.5 Å². The molecule has 1 aliphatic heterocycles. The summed E-state index contributed by atoms with van der Waals surface area (Å²) in [7, 11) is 3.24. The van der Waals surface area contributed by atoms with E-state index < -0.39 is 6.10 Å². The fourth-order valence-electron chi connectivity index (χ4n) is 5.10. The smallest absolute Gasteiger partial charge is 0.313 e. The van der Waals surface area contributed by atoms with Crippen LogP contribution in [0.3, 0.4) is 0 Å². The average Bonchev–Trinajstić information content (AvgIpc) is 3.34. The lowest BCUT2D eigenvalue weighted by Crippen LogP contribution is -2.17. The van der Waals surface area contributed by atoms with Crippen LogP contribution in [0.2, 0.25) is 5.02 Å². The number of para-hydroxylation sites is 1. The Morgan fingerprint density at radius 1 is 1.00 bits per heavy atom. The molecule has 2 atom stereocenters. The van der Waals surface area contributed by atoms with Gasteiger partial charge in [-0.2, -0.15) is 5.10 Å². The van der Waals surface area contributed by atoms with E-state index in [0.717, 1.165) is 27.8 Å². The molecule has 8 nitrogen and oxygen atoms in total. The number of methoxy groups -OCH3 is 2. The van der Waals surface area contributed by atoms with E-state index in [1.54, 1.807) is 25.8 Å². The van der Waals surface area contributed by atoms with E-state index in [1.165, 1.54) is 6.33 Å². The zero-order valence-electron chi connectivity index (χ0n) is 22.1. The molecule has 1 aromatic heterocycles. The van der Waals surface area contributed by atoms with Gasteiger partial charge in [-0.15, -0.1) is 0 Å². The van der Waals surface area contributed by atoms with Crippen molar-refractivity contribution in [3.8, 4) is 22.6 Å². The fourth-order valence-corrected chi connectivity index (χ4v) is 5.29. The third-order valence-corrected chi connectivity index (χ3v) is 7.05. The van der Waals surface area contributed by atoms with E-state index in [-0.39, 0.29) is 18.5 Å². The van der Waals surface area contributed by atoms with Gasteiger partial charge in [-0.25, -0.2) is 9.67 Å². The minimum absolute atomic E-state index is 0.0591. The standard InChI is InChI=1S/C30H30ClN3O5/c1-4-38-28(35)17-27-32-18-33-34(27)15-14-25-22-9-6-5-8-20(22)21-13-12-19(31)16-24(21)29(39-25)23-10-7-11-26(36-2)30(23)37-3/h5-13,16,18,25,29H,4,14-15,17H2,1-3H3. The fraction of sp³-hybridized carbons (Fsp3) is 0.300. The molecular weight excluding hydrogens is 518 g/mol. The first-order chi connectivity index (χ1) is 19.0. The highest BCUT2D eigenvalue weighted by Crippen LogP contribution is 2.49. The quantitative estimate of drug-likeness (QED) is 0.239. The number of hydrogen-bond acceptors (Lipinski definition) is 7. The Hall–Kier alpha value is -3.88. The molecule has 1 aliphatic rings. The van der Waals surface area contributed by atoms with Crippen LogP contribution in [0.25, 0.3) is 11.1 Å². The van der Waals surface area contributed by atoms with Crippen molar-refractivity contribution < 1.29 is 23.7 Å². The third kappa shape index (κ3) is 5.48. The van der Waals surface area contributed by atoms with Gasteiger partial charge >= 0.3 is 5.97 Å². The van der Waals surface area contributed by atoms with E-state index in [0.29, 0.717) is 41.9 Å². The van der Waals surface area contributed by atoms with E-state index in [2.05, 4.69) is 22.2 Å². The minimum Gasteiger partial charge on any atom is -0.493 e.